The zero-order valence-electron chi connectivity index (χ0n) is 17.8. The fourth-order valence-corrected chi connectivity index (χ4v) is 4.48. The first kappa shape index (κ1) is 20.3. The van der Waals surface area contributed by atoms with Crippen LogP contribution in [0.3, 0.4) is 0 Å². The average Bonchev–Trinajstić information content (AvgIpc) is 3.05. The van der Waals surface area contributed by atoms with Gasteiger partial charge < -0.3 is 14.4 Å². The summed E-state index contributed by atoms with van der Waals surface area (Å²) in [6.07, 6.45) is 4.72. The number of morpholine rings is 1. The number of nitrogens with zero attached hydrogens (tertiary/aromatic N) is 5. The number of rotatable bonds is 5. The molecule has 4 heterocycles. The lowest BCUT2D eigenvalue weighted by atomic mass is 9.97. The van der Waals surface area contributed by atoms with Crippen molar-refractivity contribution in [2.75, 3.05) is 57.5 Å². The molecule has 0 saturated carbocycles. The smallest absolute Gasteiger partial charge is 0.225 e. The van der Waals surface area contributed by atoms with E-state index in [0.717, 1.165) is 82.7 Å². The van der Waals surface area contributed by atoms with Gasteiger partial charge in [-0.15, -0.1) is 0 Å². The van der Waals surface area contributed by atoms with Crippen LogP contribution in [0.2, 0.25) is 0 Å². The summed E-state index contributed by atoms with van der Waals surface area (Å²) in [6.45, 7) is 7.43. The first-order valence-corrected chi connectivity index (χ1v) is 11.1. The quantitative estimate of drug-likeness (QED) is 0.630. The second kappa shape index (κ2) is 9.68. The normalized spacial score (nSPS) is 20.6. The molecule has 2 saturated heterocycles. The first-order chi connectivity index (χ1) is 15.3. The highest BCUT2D eigenvalue weighted by Crippen LogP contribution is 2.22. The summed E-state index contributed by atoms with van der Waals surface area (Å²) in [5.41, 5.74) is 3.46. The van der Waals surface area contributed by atoms with Gasteiger partial charge in [0.05, 0.1) is 37.6 Å². The highest BCUT2D eigenvalue weighted by molar-refractivity contribution is 5.81. The number of anilines is 1. The van der Waals surface area contributed by atoms with E-state index in [-0.39, 0.29) is 0 Å². The summed E-state index contributed by atoms with van der Waals surface area (Å²) in [5, 5.41) is 1.20. The molecule has 0 aliphatic carbocycles. The fourth-order valence-electron chi connectivity index (χ4n) is 4.48. The molecule has 0 N–H and O–H groups in total. The Bertz CT molecular complexity index is 1000. The predicted octanol–water partition coefficient (Wildman–Crippen LogP) is 2.55. The number of aromatic nitrogens is 3. The van der Waals surface area contributed by atoms with Crippen molar-refractivity contribution >= 4 is 16.9 Å². The Kier molecular flexibility index (Phi) is 6.34. The molecule has 7 heteroatoms. The lowest BCUT2D eigenvalue weighted by Gasteiger charge is -2.27. The Morgan fingerprint density at radius 1 is 0.903 bits per heavy atom. The van der Waals surface area contributed by atoms with Crippen molar-refractivity contribution in [1.82, 2.24) is 19.9 Å². The number of hydrogen-bond acceptors (Lipinski definition) is 7. The molecule has 2 fully saturated rings. The number of benzene rings is 1. The van der Waals surface area contributed by atoms with Gasteiger partial charge in [0, 0.05) is 50.5 Å². The van der Waals surface area contributed by atoms with Crippen molar-refractivity contribution in [1.29, 1.82) is 0 Å². The third-order valence-electron chi connectivity index (χ3n) is 6.03. The molecule has 0 amide bonds. The minimum absolute atomic E-state index is 0.427. The minimum atomic E-state index is 0.427. The molecule has 1 unspecified atom stereocenters. The minimum Gasteiger partial charge on any atom is -0.380 e. The van der Waals surface area contributed by atoms with Crippen LogP contribution < -0.4 is 4.90 Å². The van der Waals surface area contributed by atoms with E-state index in [1.54, 1.807) is 0 Å². The van der Waals surface area contributed by atoms with Gasteiger partial charge in [0.15, 0.2) is 0 Å². The fraction of sp³-hybridized carbons (Fsp3) is 0.458. The molecule has 0 spiro atoms. The average molecular weight is 420 g/mol. The van der Waals surface area contributed by atoms with E-state index in [9.17, 15) is 0 Å². The van der Waals surface area contributed by atoms with Gasteiger partial charge in [-0.05, 0) is 30.0 Å². The topological polar surface area (TPSA) is 63.6 Å². The molecule has 0 radical (unpaired) electrons. The third-order valence-corrected chi connectivity index (χ3v) is 6.03. The predicted molar refractivity (Wildman–Crippen MR) is 120 cm³/mol. The van der Waals surface area contributed by atoms with Gasteiger partial charge in [-0.2, -0.15) is 0 Å². The number of pyridine rings is 1. The lowest BCUT2D eigenvalue weighted by Crippen LogP contribution is -2.37. The number of ether oxygens (including phenoxy) is 2. The molecule has 2 aromatic heterocycles. The molecule has 0 bridgehead atoms. The highest BCUT2D eigenvalue weighted by Gasteiger charge is 2.21. The van der Waals surface area contributed by atoms with Crippen LogP contribution in [0.5, 0.6) is 0 Å². The molecule has 1 atom stereocenters. The number of para-hydroxylation sites is 1. The van der Waals surface area contributed by atoms with Crippen molar-refractivity contribution in [2.24, 2.45) is 5.92 Å². The van der Waals surface area contributed by atoms with Gasteiger partial charge in [-0.25, -0.2) is 9.97 Å². The van der Waals surface area contributed by atoms with Crippen molar-refractivity contribution in [2.45, 2.75) is 13.0 Å². The van der Waals surface area contributed by atoms with E-state index in [0.29, 0.717) is 5.92 Å². The van der Waals surface area contributed by atoms with E-state index in [4.69, 9.17) is 14.5 Å². The van der Waals surface area contributed by atoms with Crippen LogP contribution in [0.15, 0.2) is 48.8 Å². The monoisotopic (exact) mass is 419 g/mol. The van der Waals surface area contributed by atoms with Crippen LogP contribution in [-0.4, -0.2) is 72.5 Å². The Balaban J connectivity index is 1.27. The Morgan fingerprint density at radius 2 is 1.77 bits per heavy atom. The van der Waals surface area contributed by atoms with Gasteiger partial charge in [0.25, 0.3) is 0 Å². The largest absolute Gasteiger partial charge is 0.380 e. The Hall–Kier alpha value is -2.61. The summed E-state index contributed by atoms with van der Waals surface area (Å²) < 4.78 is 11.4. The molecular formula is C24H29N5O2. The third kappa shape index (κ3) is 5.01. The van der Waals surface area contributed by atoms with Crippen LogP contribution in [0.1, 0.15) is 11.3 Å². The van der Waals surface area contributed by atoms with E-state index < -0.39 is 0 Å². The van der Waals surface area contributed by atoms with Gasteiger partial charge in [-0.1, -0.05) is 24.3 Å². The number of hydrogen-bond donors (Lipinski definition) is 0. The molecule has 31 heavy (non-hydrogen) atoms. The van der Waals surface area contributed by atoms with E-state index in [1.165, 1.54) is 10.9 Å². The van der Waals surface area contributed by atoms with Crippen molar-refractivity contribution in [3.05, 3.63) is 60.0 Å². The van der Waals surface area contributed by atoms with E-state index in [1.807, 2.05) is 24.5 Å². The van der Waals surface area contributed by atoms with Crippen molar-refractivity contribution in [3.8, 4) is 0 Å². The van der Waals surface area contributed by atoms with Gasteiger partial charge in [-0.3, -0.25) is 9.88 Å². The zero-order chi connectivity index (χ0) is 20.9. The molecule has 3 aromatic rings. The molecule has 2 aliphatic rings. The Labute approximate surface area is 183 Å². The number of fused-ring (bicyclic) bond motifs is 1. The SMILES string of the molecule is c1cnc2c(CC3COCCN(Cc4ccnc(N5CCOCC5)n4)C3)cccc2c1. The van der Waals surface area contributed by atoms with Crippen molar-refractivity contribution in [3.63, 3.8) is 0 Å². The van der Waals surface area contributed by atoms with Gasteiger partial charge in [0.2, 0.25) is 5.95 Å². The summed E-state index contributed by atoms with van der Waals surface area (Å²) in [5.74, 6) is 1.24. The zero-order valence-corrected chi connectivity index (χ0v) is 17.8. The molecular weight excluding hydrogens is 390 g/mol. The second-order valence-corrected chi connectivity index (χ2v) is 8.32. The van der Waals surface area contributed by atoms with Crippen LogP contribution in [0.25, 0.3) is 10.9 Å². The van der Waals surface area contributed by atoms with Crippen LogP contribution in [0.4, 0.5) is 5.95 Å². The Morgan fingerprint density at radius 3 is 2.71 bits per heavy atom. The maximum absolute atomic E-state index is 5.96. The molecule has 2 aliphatic heterocycles. The van der Waals surface area contributed by atoms with Crippen LogP contribution in [-0.2, 0) is 22.4 Å². The molecule has 7 nitrogen and oxygen atoms in total. The maximum Gasteiger partial charge on any atom is 0.225 e. The second-order valence-electron chi connectivity index (χ2n) is 8.32. The van der Waals surface area contributed by atoms with E-state index in [2.05, 4.69) is 44.0 Å². The highest BCUT2D eigenvalue weighted by atomic mass is 16.5. The molecule has 162 valence electrons. The van der Waals surface area contributed by atoms with Crippen LogP contribution >= 0.6 is 0 Å². The summed E-state index contributed by atoms with van der Waals surface area (Å²) in [6, 6.07) is 12.6. The van der Waals surface area contributed by atoms with Gasteiger partial charge in [0.1, 0.15) is 0 Å². The standard InChI is InChI=1S/C24H29N5O2/c1-3-20-5-2-7-25-23(20)21(4-1)15-19-16-28(9-12-31-18-19)17-22-6-8-26-24(27-22)29-10-13-30-14-11-29/h1-8,19H,9-18H2. The molecule has 5 rings (SSSR count). The van der Waals surface area contributed by atoms with Crippen LogP contribution in [0, 0.1) is 5.92 Å². The molecule has 1 aromatic carbocycles. The summed E-state index contributed by atoms with van der Waals surface area (Å²) in [4.78, 5) is 18.6. The van der Waals surface area contributed by atoms with Crippen molar-refractivity contribution < 1.29 is 9.47 Å². The summed E-state index contributed by atoms with van der Waals surface area (Å²) in [7, 11) is 0. The summed E-state index contributed by atoms with van der Waals surface area (Å²) >= 11 is 0. The van der Waals surface area contributed by atoms with Gasteiger partial charge >= 0.3 is 0 Å². The van der Waals surface area contributed by atoms with E-state index >= 15 is 0 Å². The lowest BCUT2D eigenvalue weighted by molar-refractivity contribution is 0.121. The maximum atomic E-state index is 5.96. The first-order valence-electron chi connectivity index (χ1n) is 11.1.